The largest absolute Gasteiger partial charge is 0.460 e. The van der Waals surface area contributed by atoms with Crippen molar-refractivity contribution in [3.05, 3.63) is 35.9 Å². The van der Waals surface area contributed by atoms with Gasteiger partial charge in [-0.1, -0.05) is 30.3 Å². The third-order valence-electron chi connectivity index (χ3n) is 4.45. The van der Waals surface area contributed by atoms with Gasteiger partial charge in [-0.2, -0.15) is 0 Å². The molecule has 0 heterocycles. The molecule has 1 aromatic rings. The fourth-order valence-corrected chi connectivity index (χ4v) is 3.21. The standard InChI is InChI=1S/C20H27NO5/c1-19(2,3)26-18(24)21-16-9-10-20(13-16,11-12-22)17(23)25-14-15-7-5-4-6-8-15/h4-8,12,16H,9-11,13-14H2,1-3H3,(H,21,24)/t16-,20-/m1/s1. The summed E-state index contributed by atoms with van der Waals surface area (Å²) in [6.45, 7) is 5.54. The van der Waals surface area contributed by atoms with Gasteiger partial charge in [0.25, 0.3) is 0 Å². The summed E-state index contributed by atoms with van der Waals surface area (Å²) in [5.41, 5.74) is -0.573. The molecule has 1 aliphatic carbocycles. The Morgan fingerprint density at radius 3 is 2.58 bits per heavy atom. The van der Waals surface area contributed by atoms with Crippen LogP contribution in [0, 0.1) is 5.41 Å². The SMILES string of the molecule is CC(C)(C)OC(=O)N[C@@H]1CC[C@](CC=O)(C(=O)OCc2ccccc2)C1. The minimum absolute atomic E-state index is 0.0904. The van der Waals surface area contributed by atoms with E-state index in [1.165, 1.54) is 0 Å². The minimum Gasteiger partial charge on any atom is -0.460 e. The Balaban J connectivity index is 1.95. The molecule has 1 fully saturated rings. The van der Waals surface area contributed by atoms with Crippen molar-refractivity contribution in [2.24, 2.45) is 5.41 Å². The summed E-state index contributed by atoms with van der Waals surface area (Å²) in [7, 11) is 0. The molecule has 1 saturated carbocycles. The van der Waals surface area contributed by atoms with Crippen molar-refractivity contribution in [3.63, 3.8) is 0 Å². The number of nitrogens with one attached hydrogen (secondary N) is 1. The van der Waals surface area contributed by atoms with Crippen molar-refractivity contribution in [2.45, 2.75) is 64.7 Å². The van der Waals surface area contributed by atoms with Gasteiger partial charge in [0.05, 0.1) is 5.41 Å². The Morgan fingerprint density at radius 1 is 1.27 bits per heavy atom. The maximum atomic E-state index is 12.7. The predicted molar refractivity (Wildman–Crippen MR) is 96.4 cm³/mol. The van der Waals surface area contributed by atoms with Crippen LogP contribution in [0.2, 0.25) is 0 Å². The van der Waals surface area contributed by atoms with Crippen LogP contribution in [0.5, 0.6) is 0 Å². The fraction of sp³-hybridized carbons (Fsp3) is 0.550. The Bertz CT molecular complexity index is 637. The third-order valence-corrected chi connectivity index (χ3v) is 4.45. The van der Waals surface area contributed by atoms with Crippen molar-refractivity contribution < 1.29 is 23.9 Å². The maximum absolute atomic E-state index is 12.7. The van der Waals surface area contributed by atoms with Gasteiger partial charge < -0.3 is 19.6 Å². The van der Waals surface area contributed by atoms with Gasteiger partial charge in [-0.15, -0.1) is 0 Å². The van der Waals surface area contributed by atoms with Crippen LogP contribution < -0.4 is 5.32 Å². The highest BCUT2D eigenvalue weighted by Gasteiger charge is 2.47. The summed E-state index contributed by atoms with van der Waals surface area (Å²) in [4.78, 5) is 35.8. The molecule has 1 aromatic carbocycles. The topological polar surface area (TPSA) is 81.7 Å². The fourth-order valence-electron chi connectivity index (χ4n) is 3.21. The summed E-state index contributed by atoms with van der Waals surface area (Å²) >= 11 is 0. The van der Waals surface area contributed by atoms with E-state index in [1.807, 2.05) is 30.3 Å². The lowest BCUT2D eigenvalue weighted by atomic mass is 9.83. The number of carbonyl (C=O) groups is 3. The first-order chi connectivity index (χ1) is 12.2. The highest BCUT2D eigenvalue weighted by atomic mass is 16.6. The van der Waals surface area contributed by atoms with Crippen LogP contribution in [0.3, 0.4) is 0 Å². The van der Waals surface area contributed by atoms with E-state index in [4.69, 9.17) is 9.47 Å². The molecule has 1 amide bonds. The number of hydrogen-bond acceptors (Lipinski definition) is 5. The van der Waals surface area contributed by atoms with Gasteiger partial charge in [-0.05, 0) is 45.6 Å². The van der Waals surface area contributed by atoms with Crippen LogP contribution in [-0.4, -0.2) is 30.0 Å². The van der Waals surface area contributed by atoms with E-state index >= 15 is 0 Å². The second-order valence-corrected chi connectivity index (χ2v) is 7.80. The van der Waals surface area contributed by atoms with Crippen LogP contribution in [0.4, 0.5) is 4.79 Å². The summed E-state index contributed by atoms with van der Waals surface area (Å²) in [6.07, 6.45) is 1.81. The summed E-state index contributed by atoms with van der Waals surface area (Å²) in [6, 6.07) is 9.18. The van der Waals surface area contributed by atoms with Crippen LogP contribution in [-0.2, 0) is 25.7 Å². The number of benzene rings is 1. The lowest BCUT2D eigenvalue weighted by molar-refractivity contribution is -0.158. The molecule has 2 atom stereocenters. The number of ether oxygens (including phenoxy) is 2. The molecule has 0 unspecified atom stereocenters. The van der Waals surface area contributed by atoms with Crippen molar-refractivity contribution in [1.82, 2.24) is 5.32 Å². The van der Waals surface area contributed by atoms with Crippen LogP contribution in [0.25, 0.3) is 0 Å². The van der Waals surface area contributed by atoms with Crippen molar-refractivity contribution in [2.75, 3.05) is 0 Å². The zero-order chi connectivity index (χ0) is 19.2. The molecule has 1 aliphatic rings. The van der Waals surface area contributed by atoms with E-state index < -0.39 is 17.1 Å². The van der Waals surface area contributed by atoms with Gasteiger partial charge >= 0.3 is 12.1 Å². The van der Waals surface area contributed by atoms with Gasteiger partial charge in [0.15, 0.2) is 0 Å². The van der Waals surface area contributed by atoms with E-state index in [-0.39, 0.29) is 25.0 Å². The first-order valence-electron chi connectivity index (χ1n) is 8.88. The van der Waals surface area contributed by atoms with Crippen LogP contribution in [0.1, 0.15) is 52.0 Å². The average molecular weight is 361 g/mol. The lowest BCUT2D eigenvalue weighted by Gasteiger charge is -2.25. The highest BCUT2D eigenvalue weighted by Crippen LogP contribution is 2.42. The Labute approximate surface area is 154 Å². The van der Waals surface area contributed by atoms with E-state index in [9.17, 15) is 14.4 Å². The second-order valence-electron chi connectivity index (χ2n) is 7.80. The van der Waals surface area contributed by atoms with Gasteiger partial charge in [0, 0.05) is 12.5 Å². The van der Waals surface area contributed by atoms with Gasteiger partial charge in [0.2, 0.25) is 0 Å². The lowest BCUT2D eigenvalue weighted by Crippen LogP contribution is -2.39. The number of carbonyl (C=O) groups excluding carboxylic acids is 3. The Kier molecular flexibility index (Phi) is 6.40. The monoisotopic (exact) mass is 361 g/mol. The van der Waals surface area contributed by atoms with Gasteiger partial charge in [0.1, 0.15) is 18.5 Å². The normalized spacial score (nSPS) is 22.5. The maximum Gasteiger partial charge on any atom is 0.407 e. The molecular formula is C20H27NO5. The summed E-state index contributed by atoms with van der Waals surface area (Å²) in [5, 5.41) is 2.79. The number of hydrogen-bond donors (Lipinski definition) is 1. The van der Waals surface area contributed by atoms with Crippen molar-refractivity contribution in [3.8, 4) is 0 Å². The molecule has 6 heteroatoms. The summed E-state index contributed by atoms with van der Waals surface area (Å²) in [5.74, 6) is -0.387. The number of rotatable bonds is 6. The predicted octanol–water partition coefficient (Wildman–Crippen LogP) is 3.38. The van der Waals surface area contributed by atoms with Gasteiger partial charge in [-0.25, -0.2) is 4.79 Å². The number of esters is 1. The molecular weight excluding hydrogens is 334 g/mol. The minimum atomic E-state index is -0.879. The number of alkyl carbamates (subject to hydrolysis) is 1. The molecule has 0 spiro atoms. The average Bonchev–Trinajstić information content (AvgIpc) is 2.96. The molecule has 0 aromatic heterocycles. The summed E-state index contributed by atoms with van der Waals surface area (Å²) < 4.78 is 10.7. The number of aldehydes is 1. The molecule has 2 rings (SSSR count). The smallest absolute Gasteiger partial charge is 0.407 e. The van der Waals surface area contributed by atoms with Crippen LogP contribution >= 0.6 is 0 Å². The first-order valence-corrected chi connectivity index (χ1v) is 8.88. The molecule has 0 aliphatic heterocycles. The highest BCUT2D eigenvalue weighted by molar-refractivity contribution is 5.80. The van der Waals surface area contributed by atoms with Crippen molar-refractivity contribution >= 4 is 18.3 Å². The van der Waals surface area contributed by atoms with Crippen LogP contribution in [0.15, 0.2) is 30.3 Å². The molecule has 1 N–H and O–H groups in total. The molecule has 0 bridgehead atoms. The zero-order valence-corrected chi connectivity index (χ0v) is 15.6. The van der Waals surface area contributed by atoms with E-state index in [2.05, 4.69) is 5.32 Å². The first kappa shape index (κ1) is 19.9. The molecule has 142 valence electrons. The zero-order valence-electron chi connectivity index (χ0n) is 15.6. The van der Waals surface area contributed by atoms with Gasteiger partial charge in [-0.3, -0.25) is 4.79 Å². The number of amides is 1. The molecule has 0 radical (unpaired) electrons. The molecule has 6 nitrogen and oxygen atoms in total. The Hall–Kier alpha value is -2.37. The van der Waals surface area contributed by atoms with E-state index in [0.717, 1.165) is 11.8 Å². The van der Waals surface area contributed by atoms with E-state index in [0.29, 0.717) is 19.3 Å². The van der Waals surface area contributed by atoms with E-state index in [1.54, 1.807) is 20.8 Å². The molecule has 26 heavy (non-hydrogen) atoms. The third kappa shape index (κ3) is 5.58. The quantitative estimate of drug-likeness (QED) is 0.620. The van der Waals surface area contributed by atoms with Crippen molar-refractivity contribution in [1.29, 1.82) is 0 Å². The molecule has 0 saturated heterocycles. The second kappa shape index (κ2) is 8.34. The Morgan fingerprint density at radius 2 is 1.96 bits per heavy atom.